The highest BCUT2D eigenvalue weighted by Crippen LogP contribution is 2.28. The fourth-order valence-electron chi connectivity index (χ4n) is 2.05. The van der Waals surface area contributed by atoms with Crippen LogP contribution < -0.4 is 25.1 Å². The monoisotopic (exact) mass is 376 g/mol. The minimum absolute atomic E-state index is 0.287. The maximum atomic E-state index is 12.8. The Morgan fingerprint density at radius 1 is 1.00 bits per heavy atom. The van der Waals surface area contributed by atoms with Gasteiger partial charge in [0, 0.05) is 5.56 Å². The number of nitrogens with one attached hydrogen (secondary N) is 2. The van der Waals surface area contributed by atoms with Gasteiger partial charge in [-0.05, 0) is 48.9 Å². The van der Waals surface area contributed by atoms with Crippen molar-refractivity contribution in [1.82, 2.24) is 10.9 Å². The van der Waals surface area contributed by atoms with E-state index in [-0.39, 0.29) is 12.2 Å². The summed E-state index contributed by atoms with van der Waals surface area (Å²) in [5.74, 6) is -0.200. The summed E-state index contributed by atoms with van der Waals surface area (Å²) in [6.45, 7) is 2.18. The lowest BCUT2D eigenvalue weighted by atomic mass is 10.2. The highest BCUT2D eigenvalue weighted by atomic mass is 19.1. The van der Waals surface area contributed by atoms with Crippen LogP contribution in [0.1, 0.15) is 23.7 Å². The summed E-state index contributed by atoms with van der Waals surface area (Å²) in [6.07, 6.45) is 0.845. The molecule has 0 aromatic heterocycles. The molecule has 0 radical (unpaired) electrons. The lowest BCUT2D eigenvalue weighted by Crippen LogP contribution is -2.43. The Bertz CT molecular complexity index is 780. The second kappa shape index (κ2) is 10.0. The summed E-state index contributed by atoms with van der Waals surface area (Å²) in [6, 6.07) is 9.94. The Labute approximate surface area is 156 Å². The minimum atomic E-state index is -0.567. The normalized spacial score (nSPS) is 10.0. The van der Waals surface area contributed by atoms with Gasteiger partial charge in [-0.25, -0.2) is 4.39 Å². The van der Waals surface area contributed by atoms with Crippen molar-refractivity contribution in [2.24, 2.45) is 0 Å². The molecule has 2 aromatic rings. The minimum Gasteiger partial charge on any atom is -0.493 e. The molecule has 0 unspecified atom stereocenters. The number of hydrogen-bond donors (Lipinski definition) is 2. The Hall–Kier alpha value is -3.29. The number of halogens is 1. The van der Waals surface area contributed by atoms with Gasteiger partial charge in [-0.3, -0.25) is 20.4 Å². The van der Waals surface area contributed by atoms with Crippen molar-refractivity contribution in [3.63, 3.8) is 0 Å². The van der Waals surface area contributed by atoms with Crippen LogP contribution in [0.3, 0.4) is 0 Å². The summed E-state index contributed by atoms with van der Waals surface area (Å²) < 4.78 is 28.7. The second-order valence-electron chi connectivity index (χ2n) is 5.46. The van der Waals surface area contributed by atoms with Crippen LogP contribution in [0.4, 0.5) is 4.39 Å². The summed E-state index contributed by atoms with van der Waals surface area (Å²) in [7, 11) is 1.48. The lowest BCUT2D eigenvalue weighted by molar-refractivity contribution is -0.123. The van der Waals surface area contributed by atoms with E-state index in [9.17, 15) is 14.0 Å². The van der Waals surface area contributed by atoms with E-state index in [1.807, 2.05) is 6.92 Å². The van der Waals surface area contributed by atoms with Gasteiger partial charge in [0.15, 0.2) is 18.1 Å². The molecule has 0 atom stereocenters. The fraction of sp³-hybridized carbons (Fsp3) is 0.263. The van der Waals surface area contributed by atoms with Gasteiger partial charge in [-0.15, -0.1) is 0 Å². The number of carbonyl (C=O) groups is 2. The predicted octanol–water partition coefficient (Wildman–Crippen LogP) is 2.46. The van der Waals surface area contributed by atoms with E-state index < -0.39 is 17.6 Å². The van der Waals surface area contributed by atoms with Gasteiger partial charge in [0.1, 0.15) is 11.6 Å². The summed E-state index contributed by atoms with van der Waals surface area (Å²) in [4.78, 5) is 23.9. The lowest BCUT2D eigenvalue weighted by Gasteiger charge is -2.12. The molecule has 0 spiro atoms. The number of ether oxygens (including phenoxy) is 3. The molecular weight excluding hydrogens is 355 g/mol. The highest BCUT2D eigenvalue weighted by molar-refractivity contribution is 5.96. The molecule has 0 fully saturated rings. The molecular formula is C19H21FN2O5. The van der Waals surface area contributed by atoms with Crippen molar-refractivity contribution in [2.45, 2.75) is 13.3 Å². The van der Waals surface area contributed by atoms with Crippen LogP contribution in [0.2, 0.25) is 0 Å². The molecule has 0 aliphatic carbocycles. The number of hydrogen-bond acceptors (Lipinski definition) is 5. The summed E-state index contributed by atoms with van der Waals surface area (Å²) >= 11 is 0. The number of rotatable bonds is 8. The van der Waals surface area contributed by atoms with Gasteiger partial charge in [0.05, 0.1) is 13.7 Å². The number of benzene rings is 2. The standard InChI is InChI=1S/C19H21FN2O5/c1-3-10-26-16-9-4-13(11-17(16)25-2)19(24)22-21-18(23)12-27-15-7-5-14(20)6-8-15/h4-9,11H,3,10,12H2,1-2H3,(H,21,23)(H,22,24). The molecule has 0 heterocycles. The van der Waals surface area contributed by atoms with Crippen molar-refractivity contribution >= 4 is 11.8 Å². The first kappa shape index (κ1) is 20.0. The van der Waals surface area contributed by atoms with Crippen molar-refractivity contribution in [1.29, 1.82) is 0 Å². The Morgan fingerprint density at radius 3 is 2.41 bits per heavy atom. The topological polar surface area (TPSA) is 85.9 Å². The third kappa shape index (κ3) is 6.18. The number of methoxy groups -OCH3 is 1. The zero-order valence-electron chi connectivity index (χ0n) is 15.1. The molecule has 2 N–H and O–H groups in total. The Morgan fingerprint density at radius 2 is 1.74 bits per heavy atom. The van der Waals surface area contributed by atoms with E-state index >= 15 is 0 Å². The van der Waals surface area contributed by atoms with Crippen molar-refractivity contribution in [3.05, 3.63) is 53.8 Å². The number of amides is 2. The zero-order valence-corrected chi connectivity index (χ0v) is 15.1. The first-order chi connectivity index (χ1) is 13.0. The predicted molar refractivity (Wildman–Crippen MR) is 96.3 cm³/mol. The van der Waals surface area contributed by atoms with Gasteiger partial charge in [0.2, 0.25) is 0 Å². The van der Waals surface area contributed by atoms with Crippen LogP contribution in [0.5, 0.6) is 17.2 Å². The SMILES string of the molecule is CCCOc1ccc(C(=O)NNC(=O)COc2ccc(F)cc2)cc1OC. The first-order valence-electron chi connectivity index (χ1n) is 8.32. The zero-order chi connectivity index (χ0) is 19.6. The second-order valence-corrected chi connectivity index (χ2v) is 5.46. The van der Waals surface area contributed by atoms with E-state index in [0.29, 0.717) is 23.9 Å². The smallest absolute Gasteiger partial charge is 0.276 e. The van der Waals surface area contributed by atoms with Gasteiger partial charge in [0.25, 0.3) is 11.8 Å². The van der Waals surface area contributed by atoms with Crippen LogP contribution in [0.15, 0.2) is 42.5 Å². The average molecular weight is 376 g/mol. The van der Waals surface area contributed by atoms with Crippen molar-refractivity contribution in [2.75, 3.05) is 20.3 Å². The molecule has 2 amide bonds. The molecule has 8 heteroatoms. The van der Waals surface area contributed by atoms with Gasteiger partial charge < -0.3 is 14.2 Å². The largest absolute Gasteiger partial charge is 0.493 e. The van der Waals surface area contributed by atoms with Gasteiger partial charge in [-0.2, -0.15) is 0 Å². The summed E-state index contributed by atoms with van der Waals surface area (Å²) in [5, 5.41) is 0. The third-order valence-corrected chi connectivity index (χ3v) is 3.39. The van der Waals surface area contributed by atoms with Crippen LogP contribution in [-0.4, -0.2) is 32.1 Å². The number of carbonyl (C=O) groups excluding carboxylic acids is 2. The van der Waals surface area contributed by atoms with E-state index in [2.05, 4.69) is 10.9 Å². The van der Waals surface area contributed by atoms with Crippen LogP contribution >= 0.6 is 0 Å². The molecule has 144 valence electrons. The molecule has 2 aromatic carbocycles. The Kier molecular flexibility index (Phi) is 7.42. The molecule has 2 rings (SSSR count). The first-order valence-corrected chi connectivity index (χ1v) is 8.32. The molecule has 27 heavy (non-hydrogen) atoms. The average Bonchev–Trinajstić information content (AvgIpc) is 2.69. The third-order valence-electron chi connectivity index (χ3n) is 3.39. The maximum absolute atomic E-state index is 12.8. The van der Waals surface area contributed by atoms with E-state index in [4.69, 9.17) is 14.2 Å². The molecule has 7 nitrogen and oxygen atoms in total. The molecule has 0 bridgehead atoms. The van der Waals surface area contributed by atoms with Crippen LogP contribution in [0.25, 0.3) is 0 Å². The van der Waals surface area contributed by atoms with Crippen LogP contribution in [-0.2, 0) is 4.79 Å². The van der Waals surface area contributed by atoms with Gasteiger partial charge >= 0.3 is 0 Å². The number of hydrazine groups is 1. The van der Waals surface area contributed by atoms with Crippen LogP contribution in [0, 0.1) is 5.82 Å². The highest BCUT2D eigenvalue weighted by Gasteiger charge is 2.12. The van der Waals surface area contributed by atoms with Crippen molar-refractivity contribution in [3.8, 4) is 17.2 Å². The van der Waals surface area contributed by atoms with E-state index in [1.54, 1.807) is 12.1 Å². The van der Waals surface area contributed by atoms with Crippen molar-refractivity contribution < 1.29 is 28.2 Å². The fourth-order valence-corrected chi connectivity index (χ4v) is 2.05. The maximum Gasteiger partial charge on any atom is 0.276 e. The molecule has 0 aliphatic heterocycles. The molecule has 0 aliphatic rings. The summed E-state index contributed by atoms with van der Waals surface area (Å²) in [5.41, 5.74) is 4.81. The Balaban J connectivity index is 1.85. The quantitative estimate of drug-likeness (QED) is 0.692. The van der Waals surface area contributed by atoms with Gasteiger partial charge in [-0.1, -0.05) is 6.92 Å². The van der Waals surface area contributed by atoms with E-state index in [1.165, 1.54) is 37.4 Å². The molecule has 0 saturated carbocycles. The molecule has 0 saturated heterocycles. The van der Waals surface area contributed by atoms with E-state index in [0.717, 1.165) is 6.42 Å².